The van der Waals surface area contributed by atoms with Crippen LogP contribution in [0.15, 0.2) is 40.3 Å². The molecule has 1 saturated heterocycles. The first-order chi connectivity index (χ1) is 12.1. The van der Waals surface area contributed by atoms with E-state index in [1.54, 1.807) is 24.5 Å². The van der Waals surface area contributed by atoms with Gasteiger partial charge in [0.05, 0.1) is 23.6 Å². The molecule has 1 fully saturated rings. The zero-order valence-corrected chi connectivity index (χ0v) is 17.1. The van der Waals surface area contributed by atoms with E-state index in [4.69, 9.17) is 0 Å². The van der Waals surface area contributed by atoms with Crippen LogP contribution in [0.4, 0.5) is 0 Å². The van der Waals surface area contributed by atoms with Gasteiger partial charge in [0.2, 0.25) is 11.1 Å². The Hall–Kier alpha value is -1.68. The molecule has 2 aromatic rings. The van der Waals surface area contributed by atoms with E-state index in [1.165, 1.54) is 4.90 Å². The molecule has 0 radical (unpaired) electrons. The van der Waals surface area contributed by atoms with Crippen LogP contribution in [-0.4, -0.2) is 43.0 Å². The molecule has 1 amide bonds. The van der Waals surface area contributed by atoms with Crippen molar-refractivity contribution in [3.63, 3.8) is 0 Å². The Morgan fingerprint density at radius 2 is 2.15 bits per heavy atom. The van der Waals surface area contributed by atoms with Gasteiger partial charge in [-0.1, -0.05) is 18.7 Å². The van der Waals surface area contributed by atoms with Gasteiger partial charge >= 0.3 is 29.6 Å². The molecule has 8 nitrogen and oxygen atoms in total. The minimum atomic E-state index is -1.34. The number of aliphatic carboxylic acids is 1. The molecule has 2 atom stereocenters. The van der Waals surface area contributed by atoms with Gasteiger partial charge in [0, 0.05) is 29.3 Å². The summed E-state index contributed by atoms with van der Waals surface area (Å²) in [6.45, 7) is 1.93. The monoisotopic (exact) mass is 379 g/mol. The summed E-state index contributed by atoms with van der Waals surface area (Å²) in [5.41, 5.74) is 0.792. The maximum Gasteiger partial charge on any atom is 1.00 e. The molecule has 4 rings (SSSR count). The van der Waals surface area contributed by atoms with Crippen LogP contribution >= 0.6 is 11.8 Å². The Labute approximate surface area is 175 Å². The number of nitrogens with zero attached hydrogens (tertiary/aromatic N) is 4. The minimum Gasteiger partial charge on any atom is -0.543 e. The van der Waals surface area contributed by atoms with Crippen LogP contribution in [0, 0.1) is 5.92 Å². The van der Waals surface area contributed by atoms with Gasteiger partial charge in [-0.15, -0.1) is 5.10 Å². The fourth-order valence-corrected chi connectivity index (χ4v) is 4.31. The van der Waals surface area contributed by atoms with E-state index in [1.807, 2.05) is 6.92 Å². The van der Waals surface area contributed by atoms with E-state index in [0.29, 0.717) is 28.7 Å². The Bertz CT molecular complexity index is 885. The number of hydrogen-bond acceptors (Lipinski definition) is 7. The number of carbonyl (C=O) groups is 2. The van der Waals surface area contributed by atoms with E-state index in [9.17, 15) is 14.7 Å². The molecule has 0 unspecified atom stereocenters. The van der Waals surface area contributed by atoms with Crippen molar-refractivity contribution in [2.75, 3.05) is 0 Å². The van der Waals surface area contributed by atoms with Crippen LogP contribution in [0.25, 0.3) is 11.4 Å². The van der Waals surface area contributed by atoms with Crippen molar-refractivity contribution in [3.05, 3.63) is 35.1 Å². The SMILES string of the molecule is CC[C@H]1C(=O)N2C(C(=O)[O-])=C(Sc3n[nH]c(-c4ccncc4)n3)C[C@H]12.[Na+]. The third-order valence-corrected chi connectivity index (χ3v) is 5.49. The average Bonchev–Trinajstić information content (AvgIpc) is 3.20. The van der Waals surface area contributed by atoms with Crippen molar-refractivity contribution in [2.24, 2.45) is 5.92 Å². The fraction of sp³-hybridized carbons (Fsp3) is 0.312. The maximum absolute atomic E-state index is 12.1. The number of fused-ring (bicyclic) bond motifs is 1. The number of hydrogen-bond donors (Lipinski definition) is 1. The van der Waals surface area contributed by atoms with E-state index >= 15 is 0 Å². The molecule has 4 heterocycles. The number of carboxylic acids is 1. The second-order valence-electron chi connectivity index (χ2n) is 5.86. The van der Waals surface area contributed by atoms with Gasteiger partial charge in [-0.05, 0) is 18.6 Å². The number of thioether (sulfide) groups is 1. The first-order valence-electron chi connectivity index (χ1n) is 7.88. The van der Waals surface area contributed by atoms with E-state index < -0.39 is 5.97 Å². The molecular formula is C16H14N5NaO3S. The zero-order chi connectivity index (χ0) is 17.6. The number of H-pyrrole nitrogens is 1. The standard InChI is InChI=1S/C16H15N5O3S.Na/c1-2-9-10-7-11(12(15(23)24)21(10)14(9)22)25-16-18-13(19-20-16)8-3-5-17-6-4-8;/h3-6,9-10H,2,7H2,1H3,(H,23,24)(H,18,19,20);/q;+1/p-1/t9-,10-;/m1./s1. The van der Waals surface area contributed by atoms with Crippen LogP contribution in [0.2, 0.25) is 0 Å². The van der Waals surface area contributed by atoms with Crippen LogP contribution in [0.5, 0.6) is 0 Å². The van der Waals surface area contributed by atoms with Crippen LogP contribution < -0.4 is 34.7 Å². The number of β-lactam (4-membered cyclic amide) rings is 1. The summed E-state index contributed by atoms with van der Waals surface area (Å²) in [4.78, 5) is 33.9. The number of pyridine rings is 1. The fourth-order valence-electron chi connectivity index (χ4n) is 3.33. The Kier molecular flexibility index (Phi) is 5.52. The molecule has 128 valence electrons. The molecule has 0 aliphatic carbocycles. The number of carbonyl (C=O) groups excluding carboxylic acids is 2. The summed E-state index contributed by atoms with van der Waals surface area (Å²) in [6.07, 6.45) is 4.50. The van der Waals surface area contributed by atoms with Gasteiger partial charge < -0.3 is 14.8 Å². The molecule has 26 heavy (non-hydrogen) atoms. The van der Waals surface area contributed by atoms with Gasteiger partial charge in [0.1, 0.15) is 0 Å². The Morgan fingerprint density at radius 1 is 1.42 bits per heavy atom. The van der Waals surface area contributed by atoms with Gasteiger partial charge in [-0.25, -0.2) is 4.98 Å². The normalized spacial score (nSPS) is 21.3. The van der Waals surface area contributed by atoms with Crippen molar-refractivity contribution < 1.29 is 44.3 Å². The van der Waals surface area contributed by atoms with Crippen molar-refractivity contribution in [3.8, 4) is 11.4 Å². The summed E-state index contributed by atoms with van der Waals surface area (Å²) >= 11 is 1.16. The number of rotatable bonds is 5. The molecule has 2 aliphatic rings. The smallest absolute Gasteiger partial charge is 0.543 e. The Balaban J connectivity index is 0.00000196. The number of nitrogens with one attached hydrogen (secondary N) is 1. The molecule has 0 spiro atoms. The number of carboxylic acid groups (broad SMARTS) is 1. The number of amides is 1. The van der Waals surface area contributed by atoms with Gasteiger partial charge in [0.25, 0.3) is 0 Å². The van der Waals surface area contributed by atoms with Crippen LogP contribution in [0.1, 0.15) is 19.8 Å². The second-order valence-corrected chi connectivity index (χ2v) is 6.92. The zero-order valence-electron chi connectivity index (χ0n) is 14.3. The van der Waals surface area contributed by atoms with Gasteiger partial charge in [-0.2, -0.15) is 0 Å². The van der Waals surface area contributed by atoms with Crippen molar-refractivity contribution in [1.82, 2.24) is 25.1 Å². The molecule has 0 saturated carbocycles. The summed E-state index contributed by atoms with van der Waals surface area (Å²) in [7, 11) is 0. The number of aromatic nitrogens is 4. The van der Waals surface area contributed by atoms with E-state index in [0.717, 1.165) is 17.3 Å². The first kappa shape index (κ1) is 19.1. The third-order valence-electron chi connectivity index (χ3n) is 4.52. The molecule has 2 aromatic heterocycles. The van der Waals surface area contributed by atoms with Crippen molar-refractivity contribution in [1.29, 1.82) is 0 Å². The van der Waals surface area contributed by atoms with Crippen molar-refractivity contribution >= 4 is 23.6 Å². The molecule has 2 aliphatic heterocycles. The predicted molar refractivity (Wildman–Crippen MR) is 86.5 cm³/mol. The van der Waals surface area contributed by atoms with Crippen LogP contribution in [-0.2, 0) is 9.59 Å². The predicted octanol–water partition coefficient (Wildman–Crippen LogP) is -2.43. The van der Waals surface area contributed by atoms with Gasteiger partial charge in [0.15, 0.2) is 5.82 Å². The molecule has 0 bridgehead atoms. The first-order valence-corrected chi connectivity index (χ1v) is 8.70. The minimum absolute atomic E-state index is 0. The number of aromatic amines is 1. The van der Waals surface area contributed by atoms with Gasteiger partial charge in [-0.3, -0.25) is 14.9 Å². The quantitative estimate of drug-likeness (QED) is 0.454. The third kappa shape index (κ3) is 3.09. The maximum atomic E-state index is 12.1. The molecule has 0 aromatic carbocycles. The molecule has 10 heteroatoms. The van der Waals surface area contributed by atoms with E-state index in [2.05, 4.69) is 20.2 Å². The molecular weight excluding hydrogens is 365 g/mol. The van der Waals surface area contributed by atoms with E-state index in [-0.39, 0.29) is 53.1 Å². The summed E-state index contributed by atoms with van der Waals surface area (Å²) < 4.78 is 0. The summed E-state index contributed by atoms with van der Waals surface area (Å²) in [5.74, 6) is -1.02. The molecule has 1 N–H and O–H groups in total. The second kappa shape index (κ2) is 7.51. The Morgan fingerprint density at radius 3 is 2.81 bits per heavy atom. The van der Waals surface area contributed by atoms with Crippen molar-refractivity contribution in [2.45, 2.75) is 31.0 Å². The average molecular weight is 379 g/mol. The summed E-state index contributed by atoms with van der Waals surface area (Å²) in [6, 6.07) is 3.51. The van der Waals surface area contributed by atoms with Crippen LogP contribution in [0.3, 0.4) is 0 Å². The largest absolute Gasteiger partial charge is 1.00 e. The topological polar surface area (TPSA) is 115 Å². The summed E-state index contributed by atoms with van der Waals surface area (Å²) in [5, 5.41) is 18.9.